The number of nitrogens with one attached hydrogen (secondary N) is 1. The van der Waals surface area contributed by atoms with Crippen LogP contribution in [0.2, 0.25) is 0 Å². The first-order valence-electron chi connectivity index (χ1n) is 13.9. The molecule has 5 rings (SSSR count). The smallest absolute Gasteiger partial charge is 0.223 e. The zero-order chi connectivity index (χ0) is 25.2. The van der Waals surface area contributed by atoms with Crippen molar-refractivity contribution in [2.24, 2.45) is 23.7 Å². The van der Waals surface area contributed by atoms with Gasteiger partial charge in [0.2, 0.25) is 17.7 Å². The molecule has 3 aliphatic rings. The van der Waals surface area contributed by atoms with Crippen LogP contribution in [0.4, 0.5) is 0 Å². The molecule has 0 unspecified atom stereocenters. The molecule has 0 aromatic carbocycles. The molecule has 8 heteroatoms. The average Bonchev–Trinajstić information content (AvgIpc) is 3.24. The summed E-state index contributed by atoms with van der Waals surface area (Å²) in [6.07, 6.45) is 7.64. The van der Waals surface area contributed by atoms with E-state index in [0.717, 1.165) is 57.3 Å². The molecule has 1 N–H and O–H groups in total. The maximum Gasteiger partial charge on any atom is 0.223 e. The lowest BCUT2D eigenvalue weighted by Crippen LogP contribution is -2.59. The molecule has 0 radical (unpaired) electrons. The summed E-state index contributed by atoms with van der Waals surface area (Å²) in [6, 6.07) is 4.15. The third-order valence-corrected chi connectivity index (χ3v) is 8.48. The van der Waals surface area contributed by atoms with Crippen LogP contribution in [0.5, 0.6) is 0 Å². The predicted molar refractivity (Wildman–Crippen MR) is 138 cm³/mol. The molecule has 2 aromatic rings. The van der Waals surface area contributed by atoms with Gasteiger partial charge >= 0.3 is 0 Å². The Morgan fingerprint density at radius 2 is 2.03 bits per heavy atom. The lowest BCUT2D eigenvalue weighted by Gasteiger charge is -2.51. The highest BCUT2D eigenvalue weighted by Gasteiger charge is 2.42. The summed E-state index contributed by atoms with van der Waals surface area (Å²) < 4.78 is 5.95. The van der Waals surface area contributed by atoms with Gasteiger partial charge in [-0.15, -0.1) is 0 Å². The molecule has 5 atom stereocenters. The average molecular weight is 496 g/mol. The highest BCUT2D eigenvalue weighted by molar-refractivity contribution is 5.77. The van der Waals surface area contributed by atoms with Crippen LogP contribution >= 0.6 is 0 Å². The molecule has 0 saturated carbocycles. The van der Waals surface area contributed by atoms with Crippen LogP contribution in [0.15, 0.2) is 22.7 Å². The topological polar surface area (TPSA) is 91.6 Å². The second kappa shape index (κ2) is 10.9. The number of fused-ring (bicyclic) bond motifs is 5. The van der Waals surface area contributed by atoms with Crippen LogP contribution in [-0.4, -0.2) is 63.3 Å². The van der Waals surface area contributed by atoms with Gasteiger partial charge in [-0.2, -0.15) is 4.98 Å². The molecule has 3 saturated heterocycles. The maximum atomic E-state index is 13.5. The fourth-order valence-electron chi connectivity index (χ4n) is 6.61. The molecule has 8 nitrogen and oxygen atoms in total. The van der Waals surface area contributed by atoms with Crippen molar-refractivity contribution in [3.05, 3.63) is 24.2 Å². The van der Waals surface area contributed by atoms with Crippen LogP contribution in [-0.2, 0) is 16.1 Å². The number of nitrogens with zero attached hydrogens (tertiary/aromatic N) is 4. The van der Waals surface area contributed by atoms with Gasteiger partial charge in [0.15, 0.2) is 11.2 Å². The molecule has 196 valence electrons. The second-order valence-corrected chi connectivity index (χ2v) is 11.8. The minimum absolute atomic E-state index is 0.155. The first kappa shape index (κ1) is 25.2. The van der Waals surface area contributed by atoms with Crippen LogP contribution in [0.25, 0.3) is 11.2 Å². The van der Waals surface area contributed by atoms with Gasteiger partial charge in [-0.3, -0.25) is 14.5 Å². The van der Waals surface area contributed by atoms with Gasteiger partial charge in [-0.1, -0.05) is 20.8 Å². The van der Waals surface area contributed by atoms with E-state index in [2.05, 4.69) is 45.9 Å². The fourth-order valence-corrected chi connectivity index (χ4v) is 6.61. The summed E-state index contributed by atoms with van der Waals surface area (Å²) >= 11 is 0. The predicted octanol–water partition coefficient (Wildman–Crippen LogP) is 4.00. The summed E-state index contributed by atoms with van der Waals surface area (Å²) in [5, 5.41) is 3.28. The first-order chi connectivity index (χ1) is 17.4. The van der Waals surface area contributed by atoms with Crippen molar-refractivity contribution in [1.82, 2.24) is 25.1 Å². The zero-order valence-electron chi connectivity index (χ0n) is 22.0. The lowest BCUT2D eigenvalue weighted by molar-refractivity contribution is -0.142. The summed E-state index contributed by atoms with van der Waals surface area (Å²) in [4.78, 5) is 39.8. The number of pyridine rings is 1. The Kier molecular flexibility index (Phi) is 7.60. The minimum atomic E-state index is 0.155. The SMILES string of the molecule is CC(C)[C@@H]1CC[C@@H](C)CC(=O)N2C[C@H]3C[C@@H](CN(Cc4nc5ncccc5o4)C3)[C@@H]2CCCC(=O)N1. The van der Waals surface area contributed by atoms with Gasteiger partial charge in [0.05, 0.1) is 6.54 Å². The minimum Gasteiger partial charge on any atom is -0.438 e. The Hall–Kier alpha value is -2.48. The Bertz CT molecular complexity index is 1040. The van der Waals surface area contributed by atoms with Crippen molar-refractivity contribution in [2.75, 3.05) is 19.6 Å². The Balaban J connectivity index is 1.29. The molecule has 0 spiro atoms. The zero-order valence-corrected chi connectivity index (χ0v) is 22.0. The van der Waals surface area contributed by atoms with Gasteiger partial charge in [-0.05, 0) is 67.9 Å². The third-order valence-electron chi connectivity index (χ3n) is 8.48. The quantitative estimate of drug-likeness (QED) is 0.692. The molecule has 36 heavy (non-hydrogen) atoms. The molecule has 0 aliphatic carbocycles. The van der Waals surface area contributed by atoms with E-state index in [0.29, 0.717) is 60.5 Å². The van der Waals surface area contributed by atoms with E-state index in [4.69, 9.17) is 4.42 Å². The normalized spacial score (nSPS) is 30.9. The maximum absolute atomic E-state index is 13.5. The summed E-state index contributed by atoms with van der Waals surface area (Å²) in [6.45, 7) is 9.89. The highest BCUT2D eigenvalue weighted by Crippen LogP contribution is 2.37. The monoisotopic (exact) mass is 495 g/mol. The molecule has 5 heterocycles. The number of rotatable bonds is 3. The first-order valence-corrected chi connectivity index (χ1v) is 13.9. The Morgan fingerprint density at radius 3 is 2.83 bits per heavy atom. The van der Waals surface area contributed by atoms with Gasteiger partial charge in [-0.25, -0.2) is 4.98 Å². The van der Waals surface area contributed by atoms with E-state index in [1.165, 1.54) is 0 Å². The third kappa shape index (κ3) is 5.74. The number of hydrogen-bond acceptors (Lipinski definition) is 6. The number of amides is 2. The fraction of sp³-hybridized carbons (Fsp3) is 0.714. The molecule has 2 aromatic heterocycles. The van der Waals surface area contributed by atoms with Crippen LogP contribution in [0.3, 0.4) is 0 Å². The van der Waals surface area contributed by atoms with E-state index in [1.54, 1.807) is 6.20 Å². The van der Waals surface area contributed by atoms with Crippen molar-refractivity contribution in [3.8, 4) is 0 Å². The van der Waals surface area contributed by atoms with Crippen molar-refractivity contribution >= 4 is 23.0 Å². The van der Waals surface area contributed by atoms with Crippen LogP contribution < -0.4 is 5.32 Å². The number of likely N-dealkylation sites (tertiary alicyclic amines) is 1. The van der Waals surface area contributed by atoms with Crippen LogP contribution in [0, 0.1) is 23.7 Å². The molecular weight excluding hydrogens is 454 g/mol. The van der Waals surface area contributed by atoms with Gasteiger partial charge < -0.3 is 14.6 Å². The summed E-state index contributed by atoms with van der Waals surface area (Å²) in [7, 11) is 0. The van der Waals surface area contributed by atoms with Gasteiger partial charge in [0, 0.05) is 50.8 Å². The van der Waals surface area contributed by atoms with Crippen molar-refractivity contribution in [1.29, 1.82) is 0 Å². The van der Waals surface area contributed by atoms with E-state index >= 15 is 0 Å². The van der Waals surface area contributed by atoms with Gasteiger partial charge in [0.1, 0.15) is 0 Å². The lowest BCUT2D eigenvalue weighted by atomic mass is 9.77. The Morgan fingerprint density at radius 1 is 1.17 bits per heavy atom. The summed E-state index contributed by atoms with van der Waals surface area (Å²) in [5.74, 6) is 2.76. The van der Waals surface area contributed by atoms with Crippen molar-refractivity contribution in [3.63, 3.8) is 0 Å². The van der Waals surface area contributed by atoms with Crippen molar-refractivity contribution < 1.29 is 14.0 Å². The van der Waals surface area contributed by atoms with E-state index in [-0.39, 0.29) is 18.0 Å². The largest absolute Gasteiger partial charge is 0.438 e. The Labute approximate surface area is 214 Å². The highest BCUT2D eigenvalue weighted by atomic mass is 16.3. The molecule has 2 amide bonds. The van der Waals surface area contributed by atoms with Crippen LogP contribution in [0.1, 0.15) is 71.6 Å². The molecule has 2 bridgehead atoms. The van der Waals surface area contributed by atoms with Gasteiger partial charge in [0.25, 0.3) is 0 Å². The van der Waals surface area contributed by atoms with E-state index in [9.17, 15) is 9.59 Å². The molecular formula is C28H41N5O3. The number of aromatic nitrogens is 2. The number of piperidine rings is 2. The number of carbonyl (C=O) groups excluding carboxylic acids is 2. The second-order valence-electron chi connectivity index (χ2n) is 11.8. The number of carbonyl (C=O) groups is 2. The number of hydrogen-bond donors (Lipinski definition) is 1. The summed E-state index contributed by atoms with van der Waals surface area (Å²) in [5.41, 5.74) is 1.38. The molecule has 3 aliphatic heterocycles. The molecule has 3 fully saturated rings. The van der Waals surface area contributed by atoms with E-state index in [1.807, 2.05) is 12.1 Å². The van der Waals surface area contributed by atoms with Crippen molar-refractivity contribution in [2.45, 2.75) is 84.3 Å². The standard InChI is InChI=1S/C28H41N5O3/c1-18(2)22-10-9-19(3)12-27(35)33-15-20-13-21(23(33)6-4-8-25(34)30-22)16-32(14-20)17-26-31-28-24(36-26)7-5-11-29-28/h5,7,11,18-23H,4,6,8-10,12-17H2,1-3H3,(H,30,34)/t19-,20+,21+,22+,23+/m1/s1. The number of oxazole rings is 1. The van der Waals surface area contributed by atoms with E-state index < -0.39 is 0 Å².